The van der Waals surface area contributed by atoms with Gasteiger partial charge in [-0.05, 0) is 0 Å². The lowest BCUT2D eigenvalue weighted by Crippen LogP contribution is -1.67. The summed E-state index contributed by atoms with van der Waals surface area (Å²) >= 11 is 0. The highest BCUT2D eigenvalue weighted by Gasteiger charge is 2.17. The van der Waals surface area contributed by atoms with Crippen molar-refractivity contribution in [1.29, 1.82) is 0 Å². The number of fused-ring (bicyclic) bond motifs is 1. The van der Waals surface area contributed by atoms with Gasteiger partial charge in [0.25, 0.3) is 0 Å². The quantitative estimate of drug-likeness (QED) is 0.420. The molecule has 0 aliphatic carbocycles. The van der Waals surface area contributed by atoms with E-state index in [0.717, 1.165) is 6.01 Å². The zero-order valence-corrected chi connectivity index (χ0v) is 2.96. The van der Waals surface area contributed by atoms with Gasteiger partial charge in [-0.1, -0.05) is 0 Å². The Morgan fingerprint density at radius 2 is 2.83 bits per heavy atom. The molecular formula is C3H2N2O. The molecule has 6 heavy (non-hydrogen) atoms. The Labute approximate surface area is 34.1 Å². The third kappa shape index (κ3) is 0.100. The van der Waals surface area contributed by atoms with Gasteiger partial charge in [-0.15, -0.1) is 4.73 Å². The molecule has 1 aromatic rings. The summed E-state index contributed by atoms with van der Waals surface area (Å²) < 4.78 is 1.60. The van der Waals surface area contributed by atoms with Gasteiger partial charge in [0.2, 0.25) is 0 Å². The van der Waals surface area contributed by atoms with Gasteiger partial charge >= 0.3 is 6.01 Å². The Hall–Kier alpha value is -0.990. The maximum atomic E-state index is 4.65. The van der Waals surface area contributed by atoms with E-state index in [9.17, 15) is 0 Å². The van der Waals surface area contributed by atoms with E-state index in [2.05, 4.69) is 9.82 Å². The zero-order valence-electron chi connectivity index (χ0n) is 2.96. The molecule has 1 aromatic heterocycles. The topological polar surface area (TPSA) is 30.4 Å². The molecular weight excluding hydrogens is 80.0 g/mol. The van der Waals surface area contributed by atoms with Crippen LogP contribution in [-0.4, -0.2) is 9.71 Å². The van der Waals surface area contributed by atoms with Gasteiger partial charge in [-0.2, -0.15) is 4.98 Å². The van der Waals surface area contributed by atoms with Crippen LogP contribution in [0.1, 0.15) is 0 Å². The summed E-state index contributed by atoms with van der Waals surface area (Å²) in [4.78, 5) is 8.40. The van der Waals surface area contributed by atoms with Crippen LogP contribution in [-0.2, 0) is 0 Å². The van der Waals surface area contributed by atoms with Crippen LogP contribution >= 0.6 is 0 Å². The first-order valence-corrected chi connectivity index (χ1v) is 1.68. The third-order valence-corrected chi connectivity index (χ3v) is 0.723. The molecule has 2 heterocycles. The number of imidazole rings is 1. The fourth-order valence-corrected chi connectivity index (χ4v) is 0.400. The number of hydrogen-bond acceptors (Lipinski definition) is 2. The minimum absolute atomic E-state index is 0.718. The first-order chi connectivity index (χ1) is 2.97. The number of rotatable bonds is 0. The molecule has 1 aliphatic rings. The smallest absolute Gasteiger partial charge is 0.327 e. The van der Waals surface area contributed by atoms with E-state index in [0.29, 0.717) is 0 Å². The average Bonchev–Trinajstić information content (AvgIpc) is 2.17. The number of hydrogen-bond donors (Lipinski definition) is 0. The van der Waals surface area contributed by atoms with Crippen molar-refractivity contribution in [3.8, 4) is 6.01 Å². The Morgan fingerprint density at radius 3 is 3.00 bits per heavy atom. The van der Waals surface area contributed by atoms with E-state index in [1.807, 2.05) is 0 Å². The van der Waals surface area contributed by atoms with Crippen LogP contribution in [0, 0.1) is 0 Å². The molecule has 2 rings (SSSR count). The molecule has 0 radical (unpaired) electrons. The fourth-order valence-electron chi connectivity index (χ4n) is 0.400. The standard InChI is InChI=1S/C3H2N2O/c1-2-5-3(4-1)6-5/h1-2H. The summed E-state index contributed by atoms with van der Waals surface area (Å²) in [5, 5.41) is 0. The van der Waals surface area contributed by atoms with Crippen molar-refractivity contribution in [2.45, 2.75) is 0 Å². The van der Waals surface area contributed by atoms with E-state index in [-0.39, 0.29) is 0 Å². The molecule has 0 amide bonds. The molecule has 30 valence electrons. The lowest BCUT2D eigenvalue weighted by molar-refractivity contribution is 0.432. The van der Waals surface area contributed by atoms with Gasteiger partial charge < -0.3 is 4.84 Å². The molecule has 1 aliphatic heterocycles. The largest absolute Gasteiger partial charge is 0.357 e. The Bertz CT molecular complexity index is 153. The fraction of sp³-hybridized carbons (Fsp3) is 0. The van der Waals surface area contributed by atoms with Gasteiger partial charge in [0.05, 0.1) is 12.4 Å². The average molecular weight is 82.1 g/mol. The zero-order chi connectivity index (χ0) is 3.98. The van der Waals surface area contributed by atoms with Crippen molar-refractivity contribution in [2.75, 3.05) is 0 Å². The number of aromatic nitrogens is 2. The van der Waals surface area contributed by atoms with E-state index >= 15 is 0 Å². The van der Waals surface area contributed by atoms with Gasteiger partial charge in [0, 0.05) is 0 Å². The van der Waals surface area contributed by atoms with Gasteiger partial charge in [-0.3, -0.25) is 0 Å². The van der Waals surface area contributed by atoms with Crippen molar-refractivity contribution in [3.63, 3.8) is 0 Å². The van der Waals surface area contributed by atoms with Crippen LogP contribution in [0.15, 0.2) is 12.4 Å². The van der Waals surface area contributed by atoms with E-state index in [4.69, 9.17) is 0 Å². The third-order valence-electron chi connectivity index (χ3n) is 0.723. The summed E-state index contributed by atoms with van der Waals surface area (Å²) in [5.74, 6) is 0. The molecule has 0 fully saturated rings. The Balaban J connectivity index is 2.88. The van der Waals surface area contributed by atoms with Crippen molar-refractivity contribution in [2.24, 2.45) is 0 Å². The summed E-state index contributed by atoms with van der Waals surface area (Å²) in [6.45, 7) is 0. The minimum Gasteiger partial charge on any atom is -0.327 e. The first kappa shape index (κ1) is 2.23. The second-order valence-electron chi connectivity index (χ2n) is 1.13. The van der Waals surface area contributed by atoms with Crippen LogP contribution in [0.2, 0.25) is 0 Å². The SMILES string of the molecule is c1cn2c(n1)O2. The maximum absolute atomic E-state index is 4.65. The molecule has 0 atom stereocenters. The molecule has 0 saturated heterocycles. The van der Waals surface area contributed by atoms with Crippen LogP contribution in [0.25, 0.3) is 0 Å². The van der Waals surface area contributed by atoms with E-state index in [1.165, 1.54) is 0 Å². The van der Waals surface area contributed by atoms with E-state index in [1.54, 1.807) is 17.1 Å². The predicted molar refractivity (Wildman–Crippen MR) is 18.3 cm³/mol. The molecule has 0 N–H and O–H groups in total. The summed E-state index contributed by atoms with van der Waals surface area (Å²) in [6.07, 6.45) is 3.45. The van der Waals surface area contributed by atoms with E-state index < -0.39 is 0 Å². The molecule has 0 unspecified atom stereocenters. The highest BCUT2D eigenvalue weighted by atomic mass is 16.8. The normalized spacial score (nSPS) is 12.7. The van der Waals surface area contributed by atoms with Crippen molar-refractivity contribution >= 4 is 0 Å². The first-order valence-electron chi connectivity index (χ1n) is 1.68. The second kappa shape index (κ2) is 0.448. The second-order valence-corrected chi connectivity index (χ2v) is 1.13. The van der Waals surface area contributed by atoms with Crippen LogP contribution in [0.5, 0.6) is 6.01 Å². The Kier molecular flexibility index (Phi) is 0.166. The Morgan fingerprint density at radius 1 is 1.83 bits per heavy atom. The number of nitrogens with zero attached hydrogens (tertiary/aromatic N) is 2. The molecule has 0 saturated carbocycles. The summed E-state index contributed by atoms with van der Waals surface area (Å²) in [6, 6.07) is 0.718. The molecule has 0 aromatic carbocycles. The molecule has 3 nitrogen and oxygen atoms in total. The summed E-state index contributed by atoms with van der Waals surface area (Å²) in [5.41, 5.74) is 0. The minimum atomic E-state index is 0.718. The highest BCUT2D eigenvalue weighted by Crippen LogP contribution is 2.18. The van der Waals surface area contributed by atoms with Gasteiger partial charge in [-0.25, -0.2) is 0 Å². The molecule has 0 spiro atoms. The van der Waals surface area contributed by atoms with Gasteiger partial charge in [0.15, 0.2) is 0 Å². The highest BCUT2D eigenvalue weighted by molar-refractivity contribution is 5.05. The van der Waals surface area contributed by atoms with Crippen molar-refractivity contribution in [1.82, 2.24) is 9.71 Å². The van der Waals surface area contributed by atoms with Crippen molar-refractivity contribution in [3.05, 3.63) is 12.4 Å². The van der Waals surface area contributed by atoms with Crippen LogP contribution < -0.4 is 4.84 Å². The van der Waals surface area contributed by atoms with Crippen LogP contribution in [0.3, 0.4) is 0 Å². The lowest BCUT2D eigenvalue weighted by Gasteiger charge is -1.61. The summed E-state index contributed by atoms with van der Waals surface area (Å²) in [7, 11) is 0. The van der Waals surface area contributed by atoms with Crippen molar-refractivity contribution < 1.29 is 4.84 Å². The van der Waals surface area contributed by atoms with Crippen LogP contribution in [0.4, 0.5) is 0 Å². The predicted octanol–water partition coefficient (Wildman–Crippen LogP) is 0.0386. The molecule has 3 heteroatoms. The monoisotopic (exact) mass is 82.0 g/mol. The maximum Gasteiger partial charge on any atom is 0.357 e. The molecule has 0 bridgehead atoms. The van der Waals surface area contributed by atoms with Gasteiger partial charge in [0.1, 0.15) is 0 Å². The lowest BCUT2D eigenvalue weighted by atomic mass is 11.0.